The van der Waals surface area contributed by atoms with E-state index in [0.717, 1.165) is 18.5 Å². The molecule has 0 radical (unpaired) electrons. The maximum Gasteiger partial charge on any atom is 0.248 e. The number of amides is 1. The SMILES string of the molecule is CC1(Nc2ccc(C(N)=O)cc2N)CCC1. The lowest BCUT2D eigenvalue weighted by molar-refractivity contribution is 0.100. The van der Waals surface area contributed by atoms with Gasteiger partial charge in [-0.05, 0) is 44.4 Å². The van der Waals surface area contributed by atoms with Crippen LogP contribution in [-0.4, -0.2) is 11.4 Å². The van der Waals surface area contributed by atoms with Crippen molar-refractivity contribution in [3.8, 4) is 0 Å². The van der Waals surface area contributed by atoms with Crippen LogP contribution in [0.4, 0.5) is 11.4 Å². The number of primary amides is 1. The Morgan fingerprint density at radius 3 is 2.56 bits per heavy atom. The van der Waals surface area contributed by atoms with Crippen LogP contribution >= 0.6 is 0 Å². The zero-order valence-electron chi connectivity index (χ0n) is 9.42. The van der Waals surface area contributed by atoms with Gasteiger partial charge >= 0.3 is 0 Å². The highest BCUT2D eigenvalue weighted by Gasteiger charge is 2.31. The Kier molecular flexibility index (Phi) is 2.50. The van der Waals surface area contributed by atoms with E-state index < -0.39 is 5.91 Å². The molecule has 2 rings (SSSR count). The summed E-state index contributed by atoms with van der Waals surface area (Å²) in [6.45, 7) is 2.18. The van der Waals surface area contributed by atoms with Crippen LogP contribution in [0.25, 0.3) is 0 Å². The molecule has 4 heteroatoms. The Labute approximate surface area is 95.0 Å². The lowest BCUT2D eigenvalue weighted by Crippen LogP contribution is -2.41. The number of nitrogens with two attached hydrogens (primary N) is 2. The van der Waals surface area contributed by atoms with Gasteiger partial charge in [0.25, 0.3) is 0 Å². The Morgan fingerprint density at radius 1 is 1.44 bits per heavy atom. The quantitative estimate of drug-likeness (QED) is 0.677. The first-order valence-electron chi connectivity index (χ1n) is 5.48. The molecule has 0 spiro atoms. The Bertz CT molecular complexity index is 424. The molecule has 0 saturated heterocycles. The summed E-state index contributed by atoms with van der Waals surface area (Å²) in [5, 5.41) is 3.41. The number of nitrogen functional groups attached to an aromatic ring is 1. The number of carbonyl (C=O) groups is 1. The highest BCUT2D eigenvalue weighted by Crippen LogP contribution is 2.36. The fourth-order valence-corrected chi connectivity index (χ4v) is 1.99. The molecular formula is C12H17N3O. The second-order valence-electron chi connectivity index (χ2n) is 4.71. The van der Waals surface area contributed by atoms with Crippen LogP contribution in [0.3, 0.4) is 0 Å². The number of carbonyl (C=O) groups excluding carboxylic acids is 1. The first-order valence-corrected chi connectivity index (χ1v) is 5.48. The van der Waals surface area contributed by atoms with Gasteiger partial charge in [-0.25, -0.2) is 0 Å². The smallest absolute Gasteiger partial charge is 0.248 e. The van der Waals surface area contributed by atoms with Crippen LogP contribution < -0.4 is 16.8 Å². The molecule has 1 aliphatic carbocycles. The van der Waals surface area contributed by atoms with E-state index in [4.69, 9.17) is 11.5 Å². The van der Waals surface area contributed by atoms with Crippen molar-refractivity contribution >= 4 is 17.3 Å². The zero-order valence-corrected chi connectivity index (χ0v) is 9.42. The summed E-state index contributed by atoms with van der Waals surface area (Å²) < 4.78 is 0. The van der Waals surface area contributed by atoms with E-state index in [0.29, 0.717) is 11.3 Å². The molecule has 1 fully saturated rings. The van der Waals surface area contributed by atoms with Crippen LogP contribution in [-0.2, 0) is 0 Å². The van der Waals surface area contributed by atoms with E-state index in [-0.39, 0.29) is 5.54 Å². The fraction of sp³-hybridized carbons (Fsp3) is 0.417. The normalized spacial score (nSPS) is 17.6. The molecule has 0 unspecified atom stereocenters. The van der Waals surface area contributed by atoms with Gasteiger partial charge in [0.1, 0.15) is 0 Å². The van der Waals surface area contributed by atoms with E-state index in [1.165, 1.54) is 6.42 Å². The molecule has 1 aliphatic rings. The molecule has 1 amide bonds. The van der Waals surface area contributed by atoms with E-state index >= 15 is 0 Å². The second-order valence-corrected chi connectivity index (χ2v) is 4.71. The Hall–Kier alpha value is -1.71. The van der Waals surface area contributed by atoms with Crippen molar-refractivity contribution in [2.75, 3.05) is 11.1 Å². The number of benzene rings is 1. The van der Waals surface area contributed by atoms with Crippen molar-refractivity contribution in [3.63, 3.8) is 0 Å². The maximum atomic E-state index is 11.0. The number of nitrogens with one attached hydrogen (secondary N) is 1. The van der Waals surface area contributed by atoms with Gasteiger partial charge in [0, 0.05) is 11.1 Å². The first kappa shape index (κ1) is 10.8. The second kappa shape index (κ2) is 3.70. The number of anilines is 2. The largest absolute Gasteiger partial charge is 0.397 e. The maximum absolute atomic E-state index is 11.0. The summed E-state index contributed by atoms with van der Waals surface area (Å²) in [7, 11) is 0. The summed E-state index contributed by atoms with van der Waals surface area (Å²) in [5.74, 6) is -0.451. The minimum Gasteiger partial charge on any atom is -0.397 e. The standard InChI is InChI=1S/C12H17N3O/c1-12(5-2-6-12)15-10-4-3-8(11(14)16)7-9(10)13/h3-4,7,15H,2,5-6,13H2,1H3,(H2,14,16). The van der Waals surface area contributed by atoms with Gasteiger partial charge in [0.05, 0.1) is 11.4 Å². The van der Waals surface area contributed by atoms with Crippen molar-refractivity contribution in [1.29, 1.82) is 0 Å². The summed E-state index contributed by atoms with van der Waals surface area (Å²) in [6.07, 6.45) is 3.57. The molecule has 1 aromatic carbocycles. The molecule has 0 aromatic heterocycles. The molecule has 1 aromatic rings. The average Bonchev–Trinajstić information content (AvgIpc) is 2.18. The zero-order chi connectivity index (χ0) is 11.8. The average molecular weight is 219 g/mol. The van der Waals surface area contributed by atoms with Crippen molar-refractivity contribution in [3.05, 3.63) is 23.8 Å². The van der Waals surface area contributed by atoms with Crippen LogP contribution in [0.15, 0.2) is 18.2 Å². The lowest BCUT2D eigenvalue weighted by atomic mass is 9.78. The molecule has 5 N–H and O–H groups in total. The summed E-state index contributed by atoms with van der Waals surface area (Å²) in [4.78, 5) is 11.0. The molecule has 0 bridgehead atoms. The molecule has 0 heterocycles. The highest BCUT2D eigenvalue weighted by atomic mass is 16.1. The third-order valence-corrected chi connectivity index (χ3v) is 3.23. The highest BCUT2D eigenvalue weighted by molar-refractivity contribution is 5.94. The monoisotopic (exact) mass is 219 g/mol. The van der Waals surface area contributed by atoms with Gasteiger partial charge in [-0.1, -0.05) is 0 Å². The topological polar surface area (TPSA) is 81.1 Å². The Morgan fingerprint density at radius 2 is 2.12 bits per heavy atom. The summed E-state index contributed by atoms with van der Waals surface area (Å²) in [5.41, 5.74) is 13.1. The molecule has 86 valence electrons. The molecule has 16 heavy (non-hydrogen) atoms. The van der Waals surface area contributed by atoms with Gasteiger partial charge < -0.3 is 16.8 Å². The fourth-order valence-electron chi connectivity index (χ4n) is 1.99. The molecule has 1 saturated carbocycles. The van der Waals surface area contributed by atoms with Gasteiger partial charge in [-0.3, -0.25) is 4.79 Å². The number of hydrogen-bond acceptors (Lipinski definition) is 3. The van der Waals surface area contributed by atoms with Crippen molar-refractivity contribution in [2.45, 2.75) is 31.7 Å². The number of hydrogen-bond donors (Lipinski definition) is 3. The van der Waals surface area contributed by atoms with Gasteiger partial charge in [-0.2, -0.15) is 0 Å². The minimum atomic E-state index is -0.451. The van der Waals surface area contributed by atoms with Crippen molar-refractivity contribution in [1.82, 2.24) is 0 Å². The van der Waals surface area contributed by atoms with E-state index in [9.17, 15) is 4.79 Å². The van der Waals surface area contributed by atoms with E-state index in [1.807, 2.05) is 6.07 Å². The molecular weight excluding hydrogens is 202 g/mol. The predicted octanol–water partition coefficient (Wildman–Crippen LogP) is 1.72. The summed E-state index contributed by atoms with van der Waals surface area (Å²) >= 11 is 0. The van der Waals surface area contributed by atoms with Gasteiger partial charge in [0.2, 0.25) is 5.91 Å². The third kappa shape index (κ3) is 1.96. The summed E-state index contributed by atoms with van der Waals surface area (Å²) in [6, 6.07) is 5.13. The first-order chi connectivity index (χ1) is 7.50. The van der Waals surface area contributed by atoms with Gasteiger partial charge in [0.15, 0.2) is 0 Å². The van der Waals surface area contributed by atoms with Crippen LogP contribution in [0.1, 0.15) is 36.5 Å². The predicted molar refractivity (Wildman–Crippen MR) is 65.3 cm³/mol. The van der Waals surface area contributed by atoms with E-state index in [2.05, 4.69) is 12.2 Å². The van der Waals surface area contributed by atoms with Crippen molar-refractivity contribution < 1.29 is 4.79 Å². The Balaban J connectivity index is 2.19. The third-order valence-electron chi connectivity index (χ3n) is 3.23. The van der Waals surface area contributed by atoms with Gasteiger partial charge in [-0.15, -0.1) is 0 Å². The number of rotatable bonds is 3. The van der Waals surface area contributed by atoms with Crippen LogP contribution in [0, 0.1) is 0 Å². The lowest BCUT2D eigenvalue weighted by Gasteiger charge is -2.40. The van der Waals surface area contributed by atoms with Crippen molar-refractivity contribution in [2.24, 2.45) is 5.73 Å². The van der Waals surface area contributed by atoms with E-state index in [1.54, 1.807) is 12.1 Å². The molecule has 0 aliphatic heterocycles. The van der Waals surface area contributed by atoms with Crippen LogP contribution in [0.5, 0.6) is 0 Å². The molecule has 0 atom stereocenters. The molecule has 4 nitrogen and oxygen atoms in total. The minimum absolute atomic E-state index is 0.155. The van der Waals surface area contributed by atoms with Crippen LogP contribution in [0.2, 0.25) is 0 Å².